The number of thiazole rings is 1. The van der Waals surface area contributed by atoms with Gasteiger partial charge in [-0.05, 0) is 18.6 Å². The maximum Gasteiger partial charge on any atom is 0.342 e. The second-order valence-corrected chi connectivity index (χ2v) is 4.90. The van der Waals surface area contributed by atoms with E-state index in [-0.39, 0.29) is 5.56 Å². The number of fused-ring (bicyclic) bond motifs is 3. The molecule has 0 fully saturated rings. The van der Waals surface area contributed by atoms with Crippen LogP contribution >= 0.6 is 11.3 Å². The first-order valence-electron chi connectivity index (χ1n) is 5.23. The Kier molecular flexibility index (Phi) is 2.21. The van der Waals surface area contributed by atoms with Crippen molar-refractivity contribution in [2.75, 3.05) is 0 Å². The minimum Gasteiger partial charge on any atom is -0.477 e. The SMILES string of the molecule is Cc1cccc2c1sc1ncc(C(=O)O)c(=O)n12. The number of carbonyl (C=O) groups is 1. The summed E-state index contributed by atoms with van der Waals surface area (Å²) in [5, 5.41) is 8.94. The molecule has 6 heteroatoms. The summed E-state index contributed by atoms with van der Waals surface area (Å²) >= 11 is 1.38. The van der Waals surface area contributed by atoms with Crippen molar-refractivity contribution in [1.29, 1.82) is 0 Å². The molecular weight excluding hydrogens is 252 g/mol. The van der Waals surface area contributed by atoms with Crippen molar-refractivity contribution >= 4 is 32.5 Å². The molecule has 90 valence electrons. The fourth-order valence-corrected chi connectivity index (χ4v) is 2.96. The molecule has 0 atom stereocenters. The number of carboxylic acid groups (broad SMARTS) is 1. The number of rotatable bonds is 1. The average molecular weight is 260 g/mol. The van der Waals surface area contributed by atoms with Crippen LogP contribution in [0.5, 0.6) is 0 Å². The van der Waals surface area contributed by atoms with Crippen molar-refractivity contribution in [3.05, 3.63) is 45.9 Å². The molecule has 0 radical (unpaired) electrons. The van der Waals surface area contributed by atoms with Gasteiger partial charge in [-0.25, -0.2) is 9.78 Å². The van der Waals surface area contributed by atoms with Gasteiger partial charge in [0.1, 0.15) is 5.56 Å². The minimum atomic E-state index is -1.26. The van der Waals surface area contributed by atoms with E-state index in [9.17, 15) is 9.59 Å². The number of aryl methyl sites for hydroxylation is 1. The molecule has 1 aromatic carbocycles. The highest BCUT2D eigenvalue weighted by Crippen LogP contribution is 2.26. The Morgan fingerprint density at radius 2 is 2.22 bits per heavy atom. The predicted molar refractivity (Wildman–Crippen MR) is 68.5 cm³/mol. The molecule has 0 spiro atoms. The lowest BCUT2D eigenvalue weighted by atomic mass is 10.2. The van der Waals surface area contributed by atoms with E-state index < -0.39 is 11.5 Å². The third kappa shape index (κ3) is 1.36. The van der Waals surface area contributed by atoms with Gasteiger partial charge < -0.3 is 5.11 Å². The molecule has 2 aromatic heterocycles. The molecule has 3 rings (SSSR count). The van der Waals surface area contributed by atoms with Crippen molar-refractivity contribution in [3.8, 4) is 0 Å². The first kappa shape index (κ1) is 10.9. The van der Waals surface area contributed by atoms with Gasteiger partial charge in [-0.15, -0.1) is 0 Å². The van der Waals surface area contributed by atoms with Gasteiger partial charge in [-0.2, -0.15) is 0 Å². The highest BCUT2D eigenvalue weighted by Gasteiger charge is 2.15. The first-order chi connectivity index (χ1) is 8.59. The van der Waals surface area contributed by atoms with Crippen LogP contribution in [0.1, 0.15) is 15.9 Å². The summed E-state index contributed by atoms with van der Waals surface area (Å²) in [5.74, 6) is -1.26. The average Bonchev–Trinajstić information content (AvgIpc) is 2.70. The van der Waals surface area contributed by atoms with Gasteiger partial charge in [0.05, 0.1) is 16.4 Å². The molecular formula is C12H8N2O3S. The summed E-state index contributed by atoms with van der Waals surface area (Å²) in [7, 11) is 0. The summed E-state index contributed by atoms with van der Waals surface area (Å²) < 4.78 is 2.31. The van der Waals surface area contributed by atoms with E-state index in [2.05, 4.69) is 4.98 Å². The molecule has 2 heterocycles. The van der Waals surface area contributed by atoms with Crippen LogP contribution in [0, 0.1) is 6.92 Å². The molecule has 0 aliphatic rings. The Morgan fingerprint density at radius 3 is 2.94 bits per heavy atom. The van der Waals surface area contributed by atoms with Crippen LogP contribution in [0.3, 0.4) is 0 Å². The first-order valence-corrected chi connectivity index (χ1v) is 6.04. The highest BCUT2D eigenvalue weighted by molar-refractivity contribution is 7.23. The van der Waals surface area contributed by atoms with Crippen LogP contribution in [-0.2, 0) is 0 Å². The van der Waals surface area contributed by atoms with E-state index in [1.54, 1.807) is 6.07 Å². The molecule has 0 aliphatic carbocycles. The summed E-state index contributed by atoms with van der Waals surface area (Å²) in [5.41, 5.74) is 0.896. The van der Waals surface area contributed by atoms with Crippen molar-refractivity contribution in [2.24, 2.45) is 0 Å². The largest absolute Gasteiger partial charge is 0.477 e. The molecule has 0 bridgehead atoms. The molecule has 3 aromatic rings. The number of benzene rings is 1. The lowest BCUT2D eigenvalue weighted by Crippen LogP contribution is -2.21. The van der Waals surface area contributed by atoms with E-state index in [4.69, 9.17) is 5.11 Å². The second kappa shape index (κ2) is 3.64. The van der Waals surface area contributed by atoms with E-state index in [1.165, 1.54) is 15.7 Å². The van der Waals surface area contributed by atoms with Gasteiger partial charge in [0.15, 0.2) is 4.96 Å². The summed E-state index contributed by atoms with van der Waals surface area (Å²) in [6.07, 6.45) is 1.12. The van der Waals surface area contributed by atoms with Crippen molar-refractivity contribution in [2.45, 2.75) is 6.92 Å². The number of aromatic carboxylic acids is 1. The van der Waals surface area contributed by atoms with Gasteiger partial charge in [-0.3, -0.25) is 9.20 Å². The van der Waals surface area contributed by atoms with Crippen LogP contribution < -0.4 is 5.56 Å². The van der Waals surface area contributed by atoms with Crippen molar-refractivity contribution in [1.82, 2.24) is 9.38 Å². The van der Waals surface area contributed by atoms with Gasteiger partial charge in [0.2, 0.25) is 0 Å². The predicted octanol–water partition coefficient (Wildman–Crippen LogP) is 1.92. The molecule has 0 aliphatic heterocycles. The number of nitrogens with zero attached hydrogens (tertiary/aromatic N) is 2. The van der Waals surface area contributed by atoms with E-state index in [0.717, 1.165) is 16.5 Å². The topological polar surface area (TPSA) is 71.7 Å². The highest BCUT2D eigenvalue weighted by atomic mass is 32.1. The molecule has 18 heavy (non-hydrogen) atoms. The number of carboxylic acids is 1. The molecule has 0 saturated heterocycles. The lowest BCUT2D eigenvalue weighted by Gasteiger charge is -1.97. The quantitative estimate of drug-likeness (QED) is 0.725. The third-order valence-corrected chi connectivity index (χ3v) is 3.99. The van der Waals surface area contributed by atoms with Gasteiger partial charge in [0, 0.05) is 0 Å². The van der Waals surface area contributed by atoms with Crippen molar-refractivity contribution < 1.29 is 9.90 Å². The maximum atomic E-state index is 12.1. The zero-order valence-corrected chi connectivity index (χ0v) is 10.2. The van der Waals surface area contributed by atoms with Crippen LogP contribution in [0.25, 0.3) is 15.2 Å². The number of hydrogen-bond acceptors (Lipinski definition) is 4. The molecule has 1 N–H and O–H groups in total. The number of hydrogen-bond donors (Lipinski definition) is 1. The van der Waals surface area contributed by atoms with Crippen LogP contribution in [0.15, 0.2) is 29.2 Å². The lowest BCUT2D eigenvalue weighted by molar-refractivity contribution is 0.0694. The summed E-state index contributed by atoms with van der Waals surface area (Å²) in [4.78, 5) is 27.6. The van der Waals surface area contributed by atoms with E-state index in [1.807, 2.05) is 19.1 Å². The molecule has 0 unspecified atom stereocenters. The normalized spacial score (nSPS) is 11.2. The summed E-state index contributed by atoms with van der Waals surface area (Å²) in [6, 6.07) is 5.57. The van der Waals surface area contributed by atoms with E-state index in [0.29, 0.717) is 10.5 Å². The zero-order valence-electron chi connectivity index (χ0n) is 9.38. The fourth-order valence-electron chi connectivity index (χ4n) is 1.91. The fraction of sp³-hybridized carbons (Fsp3) is 0.0833. The second-order valence-electron chi connectivity index (χ2n) is 3.93. The van der Waals surface area contributed by atoms with Crippen LogP contribution in [0.2, 0.25) is 0 Å². The third-order valence-electron chi connectivity index (χ3n) is 2.78. The van der Waals surface area contributed by atoms with Gasteiger partial charge >= 0.3 is 5.97 Å². The van der Waals surface area contributed by atoms with Crippen molar-refractivity contribution in [3.63, 3.8) is 0 Å². The Bertz CT molecular complexity index is 848. The van der Waals surface area contributed by atoms with E-state index >= 15 is 0 Å². The Balaban J connectivity index is 2.58. The molecule has 0 amide bonds. The monoisotopic (exact) mass is 260 g/mol. The van der Waals surface area contributed by atoms with Crippen LogP contribution in [0.4, 0.5) is 0 Å². The molecule has 5 nitrogen and oxygen atoms in total. The van der Waals surface area contributed by atoms with Crippen LogP contribution in [-0.4, -0.2) is 20.5 Å². The van der Waals surface area contributed by atoms with Gasteiger partial charge in [-0.1, -0.05) is 23.5 Å². The maximum absolute atomic E-state index is 12.1. The van der Waals surface area contributed by atoms with Gasteiger partial charge in [0.25, 0.3) is 5.56 Å². The Labute approximate surface area is 105 Å². The standard InChI is InChI=1S/C12H8N2O3S/c1-6-3-2-4-8-9(6)18-12-13-5-7(11(16)17)10(15)14(8)12/h2-5H,1H3,(H,16,17). The summed E-state index contributed by atoms with van der Waals surface area (Å²) in [6.45, 7) is 1.95. The minimum absolute atomic E-state index is 0.311. The number of aromatic nitrogens is 2. The smallest absolute Gasteiger partial charge is 0.342 e. The Hall–Kier alpha value is -2.21. The Morgan fingerprint density at radius 1 is 1.44 bits per heavy atom. The molecule has 0 saturated carbocycles. The zero-order chi connectivity index (χ0) is 12.9.